The average Bonchev–Trinajstić information content (AvgIpc) is 2.97. The van der Waals surface area contributed by atoms with E-state index in [1.54, 1.807) is 0 Å². The van der Waals surface area contributed by atoms with Gasteiger partial charge < -0.3 is 9.64 Å². The van der Waals surface area contributed by atoms with E-state index in [1.165, 1.54) is 16.8 Å². The first-order chi connectivity index (χ1) is 9.71. The molecule has 4 rings (SSSR count). The second-order valence-electron chi connectivity index (χ2n) is 6.55. The summed E-state index contributed by atoms with van der Waals surface area (Å²) < 4.78 is 5.45. The number of aryl methyl sites for hydroxylation is 1. The van der Waals surface area contributed by atoms with E-state index in [9.17, 15) is 4.79 Å². The van der Waals surface area contributed by atoms with Crippen molar-refractivity contribution in [2.45, 2.75) is 32.6 Å². The third kappa shape index (κ3) is 1.72. The standard InChI is InChI=1S/C17H21NO2/c1-12-3-2-4-13-5-8-18(15(12)13)16(19)14-11-17(14)6-9-20-10-7-17/h2-4,14H,5-11H2,1H3/t14-/m0/s1. The van der Waals surface area contributed by atoms with Gasteiger partial charge in [0.25, 0.3) is 0 Å². The average molecular weight is 271 g/mol. The Kier molecular flexibility index (Phi) is 2.68. The molecule has 1 aromatic rings. The lowest BCUT2D eigenvalue weighted by molar-refractivity contribution is -0.121. The topological polar surface area (TPSA) is 29.5 Å². The van der Waals surface area contributed by atoms with Gasteiger partial charge in [-0.25, -0.2) is 0 Å². The summed E-state index contributed by atoms with van der Waals surface area (Å²) in [4.78, 5) is 14.9. The number of hydrogen-bond donors (Lipinski definition) is 0. The Morgan fingerprint density at radius 1 is 1.35 bits per heavy atom. The smallest absolute Gasteiger partial charge is 0.230 e. The zero-order chi connectivity index (χ0) is 13.7. The van der Waals surface area contributed by atoms with Crippen molar-refractivity contribution < 1.29 is 9.53 Å². The van der Waals surface area contributed by atoms with Crippen molar-refractivity contribution in [2.75, 3.05) is 24.7 Å². The van der Waals surface area contributed by atoms with Gasteiger partial charge in [-0.05, 0) is 49.1 Å². The van der Waals surface area contributed by atoms with Crippen molar-refractivity contribution in [1.82, 2.24) is 0 Å². The Balaban J connectivity index is 1.57. The number of hydrogen-bond acceptors (Lipinski definition) is 2. The summed E-state index contributed by atoms with van der Waals surface area (Å²) >= 11 is 0. The molecule has 2 fully saturated rings. The number of carbonyl (C=O) groups excluding carboxylic acids is 1. The molecular formula is C17H21NO2. The van der Waals surface area contributed by atoms with E-state index in [0.29, 0.717) is 5.91 Å². The van der Waals surface area contributed by atoms with Crippen LogP contribution in [0.2, 0.25) is 0 Å². The number of benzene rings is 1. The number of fused-ring (bicyclic) bond motifs is 1. The number of anilines is 1. The summed E-state index contributed by atoms with van der Waals surface area (Å²) in [6.45, 7) is 4.64. The quantitative estimate of drug-likeness (QED) is 0.786. The molecule has 3 heteroatoms. The molecule has 1 aromatic carbocycles. The molecule has 2 aliphatic heterocycles. The molecule has 1 aliphatic carbocycles. The van der Waals surface area contributed by atoms with Gasteiger partial charge in [0, 0.05) is 31.4 Å². The summed E-state index contributed by atoms with van der Waals surface area (Å²) in [7, 11) is 0. The zero-order valence-electron chi connectivity index (χ0n) is 12.0. The normalized spacial score (nSPS) is 26.6. The maximum absolute atomic E-state index is 12.9. The summed E-state index contributed by atoms with van der Waals surface area (Å²) in [5.41, 5.74) is 4.03. The van der Waals surface area contributed by atoms with Gasteiger partial charge in [0.15, 0.2) is 0 Å². The van der Waals surface area contributed by atoms with Gasteiger partial charge in [-0.1, -0.05) is 18.2 Å². The molecule has 1 saturated carbocycles. The highest BCUT2D eigenvalue weighted by molar-refractivity contribution is 5.99. The molecule has 0 aromatic heterocycles. The van der Waals surface area contributed by atoms with Crippen LogP contribution < -0.4 is 4.90 Å². The van der Waals surface area contributed by atoms with E-state index in [4.69, 9.17) is 4.74 Å². The first-order valence-corrected chi connectivity index (χ1v) is 7.69. The second kappa shape index (κ2) is 4.32. The number of ether oxygens (including phenoxy) is 1. The van der Waals surface area contributed by atoms with Crippen molar-refractivity contribution in [1.29, 1.82) is 0 Å². The van der Waals surface area contributed by atoms with Gasteiger partial charge in [0.1, 0.15) is 0 Å². The summed E-state index contributed by atoms with van der Waals surface area (Å²) in [6.07, 6.45) is 4.22. The van der Waals surface area contributed by atoms with Crippen LogP contribution in [0.3, 0.4) is 0 Å². The molecule has 1 saturated heterocycles. The number of rotatable bonds is 1. The van der Waals surface area contributed by atoms with Crippen LogP contribution in [0, 0.1) is 18.3 Å². The first-order valence-electron chi connectivity index (χ1n) is 7.69. The van der Waals surface area contributed by atoms with E-state index >= 15 is 0 Å². The SMILES string of the molecule is Cc1cccc2c1N(C(=O)[C@@H]1CC13CCOCC3)CC2. The van der Waals surface area contributed by atoms with Gasteiger partial charge in [-0.3, -0.25) is 4.79 Å². The Morgan fingerprint density at radius 2 is 2.15 bits per heavy atom. The second-order valence-corrected chi connectivity index (χ2v) is 6.55. The minimum atomic E-state index is 0.247. The molecule has 0 radical (unpaired) electrons. The summed E-state index contributed by atoms with van der Waals surface area (Å²) in [5, 5.41) is 0. The molecule has 3 aliphatic rings. The third-order valence-electron chi connectivity index (χ3n) is 5.44. The highest BCUT2D eigenvalue weighted by atomic mass is 16.5. The fourth-order valence-corrected chi connectivity index (χ4v) is 4.09. The molecule has 106 valence electrons. The Hall–Kier alpha value is -1.35. The Labute approximate surface area is 119 Å². The highest BCUT2D eigenvalue weighted by Gasteiger charge is 2.59. The monoisotopic (exact) mass is 271 g/mol. The molecule has 1 spiro atoms. The maximum atomic E-state index is 12.9. The lowest BCUT2D eigenvalue weighted by Crippen LogP contribution is -2.33. The maximum Gasteiger partial charge on any atom is 0.230 e. The number of nitrogens with zero attached hydrogens (tertiary/aromatic N) is 1. The molecule has 20 heavy (non-hydrogen) atoms. The van der Waals surface area contributed by atoms with Crippen LogP contribution in [0.1, 0.15) is 30.4 Å². The van der Waals surface area contributed by atoms with Gasteiger partial charge in [0.05, 0.1) is 0 Å². The molecule has 0 unspecified atom stereocenters. The number of amides is 1. The number of para-hydroxylation sites is 1. The molecule has 2 heterocycles. The van der Waals surface area contributed by atoms with Gasteiger partial charge in [0.2, 0.25) is 5.91 Å². The van der Waals surface area contributed by atoms with Crippen LogP contribution >= 0.6 is 0 Å². The van der Waals surface area contributed by atoms with Crippen molar-refractivity contribution in [2.24, 2.45) is 11.3 Å². The van der Waals surface area contributed by atoms with Crippen LogP contribution in [0.25, 0.3) is 0 Å². The molecule has 0 bridgehead atoms. The Bertz CT molecular complexity index is 560. The van der Waals surface area contributed by atoms with Gasteiger partial charge in [-0.15, -0.1) is 0 Å². The van der Waals surface area contributed by atoms with Crippen molar-refractivity contribution >= 4 is 11.6 Å². The summed E-state index contributed by atoms with van der Waals surface area (Å²) in [5.74, 6) is 0.608. The van der Waals surface area contributed by atoms with Crippen molar-refractivity contribution in [3.05, 3.63) is 29.3 Å². The Morgan fingerprint density at radius 3 is 2.95 bits per heavy atom. The zero-order valence-corrected chi connectivity index (χ0v) is 12.0. The van der Waals surface area contributed by atoms with Crippen molar-refractivity contribution in [3.63, 3.8) is 0 Å². The largest absolute Gasteiger partial charge is 0.381 e. The fraction of sp³-hybridized carbons (Fsp3) is 0.588. The molecular weight excluding hydrogens is 250 g/mol. The van der Waals surface area contributed by atoms with Gasteiger partial charge >= 0.3 is 0 Å². The van der Waals surface area contributed by atoms with E-state index in [2.05, 4.69) is 30.0 Å². The first kappa shape index (κ1) is 12.4. The predicted octanol–water partition coefficient (Wildman–Crippen LogP) is 2.70. The van der Waals surface area contributed by atoms with Crippen LogP contribution in [-0.4, -0.2) is 25.7 Å². The highest BCUT2D eigenvalue weighted by Crippen LogP contribution is 2.60. The van der Waals surface area contributed by atoms with Crippen LogP contribution in [0.15, 0.2) is 18.2 Å². The van der Waals surface area contributed by atoms with Crippen LogP contribution in [-0.2, 0) is 16.0 Å². The summed E-state index contributed by atoms with van der Waals surface area (Å²) in [6, 6.07) is 6.37. The predicted molar refractivity (Wildman–Crippen MR) is 77.8 cm³/mol. The van der Waals surface area contributed by atoms with Gasteiger partial charge in [-0.2, -0.15) is 0 Å². The lowest BCUT2D eigenvalue weighted by atomic mass is 9.93. The molecule has 0 N–H and O–H groups in total. The van der Waals surface area contributed by atoms with Crippen molar-refractivity contribution in [3.8, 4) is 0 Å². The molecule has 3 nitrogen and oxygen atoms in total. The lowest BCUT2D eigenvalue weighted by Gasteiger charge is -2.25. The van der Waals surface area contributed by atoms with E-state index in [1.807, 2.05) is 0 Å². The van der Waals surface area contributed by atoms with E-state index in [0.717, 1.165) is 45.4 Å². The molecule has 1 atom stereocenters. The third-order valence-corrected chi connectivity index (χ3v) is 5.44. The van der Waals surface area contributed by atoms with E-state index in [-0.39, 0.29) is 11.3 Å². The van der Waals surface area contributed by atoms with Crippen LogP contribution in [0.5, 0.6) is 0 Å². The minimum Gasteiger partial charge on any atom is -0.381 e. The fourth-order valence-electron chi connectivity index (χ4n) is 4.09. The molecule has 1 amide bonds. The van der Waals surface area contributed by atoms with E-state index < -0.39 is 0 Å². The minimum absolute atomic E-state index is 0.247. The number of carbonyl (C=O) groups is 1. The van der Waals surface area contributed by atoms with Crippen LogP contribution in [0.4, 0.5) is 5.69 Å².